The van der Waals surface area contributed by atoms with E-state index < -0.39 is 0 Å². The van der Waals surface area contributed by atoms with Gasteiger partial charge in [0.15, 0.2) is 0 Å². The summed E-state index contributed by atoms with van der Waals surface area (Å²) in [5, 5.41) is 0. The van der Waals surface area contributed by atoms with Crippen LogP contribution in [0.4, 0.5) is 0 Å². The van der Waals surface area contributed by atoms with Crippen molar-refractivity contribution in [2.24, 2.45) is 5.92 Å². The molecule has 2 aromatic rings. The predicted molar refractivity (Wildman–Crippen MR) is 115 cm³/mol. The first kappa shape index (κ1) is 19.3. The van der Waals surface area contributed by atoms with E-state index in [0.717, 1.165) is 38.5 Å². The molecule has 0 radical (unpaired) electrons. The van der Waals surface area contributed by atoms with Gasteiger partial charge < -0.3 is 14.4 Å². The van der Waals surface area contributed by atoms with Gasteiger partial charge in [-0.05, 0) is 35.4 Å². The second-order valence-corrected chi connectivity index (χ2v) is 8.81. The molecule has 2 aliphatic heterocycles. The fraction of sp³-hybridized carbons (Fsp3) is 0.520. The Hall–Kier alpha value is -1.72. The molecule has 2 unspecified atom stereocenters. The van der Waals surface area contributed by atoms with Gasteiger partial charge in [0, 0.05) is 39.1 Å². The number of fused-ring (bicyclic) bond motifs is 1. The fourth-order valence-electron chi connectivity index (χ4n) is 5.12. The van der Waals surface area contributed by atoms with Gasteiger partial charge in [-0.3, -0.25) is 4.90 Å². The molecule has 0 amide bonds. The van der Waals surface area contributed by atoms with Crippen LogP contribution >= 0.6 is 0 Å². The highest BCUT2D eigenvalue weighted by atomic mass is 16.6. The van der Waals surface area contributed by atoms with E-state index >= 15 is 0 Å². The summed E-state index contributed by atoms with van der Waals surface area (Å²) < 4.78 is 12.3. The van der Waals surface area contributed by atoms with Crippen molar-refractivity contribution in [3.8, 4) is 0 Å². The van der Waals surface area contributed by atoms with Crippen molar-refractivity contribution in [2.45, 2.75) is 31.6 Å². The quantitative estimate of drug-likeness (QED) is 0.781. The Balaban J connectivity index is 1.04. The van der Waals surface area contributed by atoms with Gasteiger partial charge >= 0.3 is 0 Å². The Labute approximate surface area is 174 Å². The Morgan fingerprint density at radius 1 is 0.759 bits per heavy atom. The summed E-state index contributed by atoms with van der Waals surface area (Å²) in [6.07, 6.45) is 3.74. The van der Waals surface area contributed by atoms with Crippen LogP contribution in [0.2, 0.25) is 0 Å². The Morgan fingerprint density at radius 3 is 2.10 bits per heavy atom. The maximum Gasteiger partial charge on any atom is 0.134 e. The zero-order chi connectivity index (χ0) is 19.5. The number of benzene rings is 2. The van der Waals surface area contributed by atoms with Gasteiger partial charge in [-0.2, -0.15) is 0 Å². The molecule has 1 aliphatic carbocycles. The van der Waals surface area contributed by atoms with Gasteiger partial charge in [0.05, 0.1) is 19.3 Å². The third-order valence-electron chi connectivity index (χ3n) is 6.72. The van der Waals surface area contributed by atoms with E-state index in [4.69, 9.17) is 9.47 Å². The highest BCUT2D eigenvalue weighted by molar-refractivity contribution is 5.32. The minimum atomic E-state index is 0.125. The average Bonchev–Trinajstić information content (AvgIpc) is 3.18. The van der Waals surface area contributed by atoms with Gasteiger partial charge in [-0.15, -0.1) is 0 Å². The van der Waals surface area contributed by atoms with Crippen LogP contribution in [0, 0.1) is 5.92 Å². The van der Waals surface area contributed by atoms with Crippen LogP contribution in [0.15, 0.2) is 54.6 Å². The number of piperazine rings is 1. The molecule has 154 valence electrons. The third-order valence-corrected chi connectivity index (χ3v) is 6.72. The summed E-state index contributed by atoms with van der Waals surface area (Å²) in [4.78, 5) is 5.12. The topological polar surface area (TPSA) is 24.9 Å². The molecular formula is C25H32N2O2. The lowest BCUT2D eigenvalue weighted by molar-refractivity contribution is -0.190. The van der Waals surface area contributed by atoms with Gasteiger partial charge in [0.2, 0.25) is 0 Å². The van der Waals surface area contributed by atoms with Gasteiger partial charge in [0.25, 0.3) is 0 Å². The van der Waals surface area contributed by atoms with Crippen molar-refractivity contribution < 1.29 is 9.47 Å². The second kappa shape index (κ2) is 8.97. The molecule has 0 aromatic heterocycles. The molecule has 2 fully saturated rings. The molecule has 0 N–H and O–H groups in total. The third kappa shape index (κ3) is 4.72. The number of ether oxygens (including phenoxy) is 2. The van der Waals surface area contributed by atoms with E-state index in [1.54, 1.807) is 11.1 Å². The minimum absolute atomic E-state index is 0.125. The monoisotopic (exact) mass is 392 g/mol. The van der Waals surface area contributed by atoms with Crippen LogP contribution in [0.1, 0.15) is 16.7 Å². The summed E-state index contributed by atoms with van der Waals surface area (Å²) in [6.45, 7) is 7.05. The van der Waals surface area contributed by atoms with Crippen LogP contribution in [0.3, 0.4) is 0 Å². The molecule has 2 heterocycles. The number of nitrogens with zero attached hydrogens (tertiary/aromatic N) is 2. The molecule has 0 spiro atoms. The molecule has 29 heavy (non-hydrogen) atoms. The average molecular weight is 393 g/mol. The number of hydrogen-bond donors (Lipinski definition) is 0. The van der Waals surface area contributed by atoms with E-state index in [-0.39, 0.29) is 12.3 Å². The minimum Gasteiger partial charge on any atom is -0.371 e. The van der Waals surface area contributed by atoms with Crippen molar-refractivity contribution in [3.05, 3.63) is 71.3 Å². The summed E-state index contributed by atoms with van der Waals surface area (Å²) in [7, 11) is 0. The predicted octanol–water partition coefficient (Wildman–Crippen LogP) is 3.00. The number of rotatable bonds is 5. The molecule has 3 aliphatic rings. The molecule has 0 saturated carbocycles. The first-order valence-electron chi connectivity index (χ1n) is 11.1. The summed E-state index contributed by atoms with van der Waals surface area (Å²) >= 11 is 0. The second-order valence-electron chi connectivity index (χ2n) is 8.81. The molecule has 2 aromatic carbocycles. The van der Waals surface area contributed by atoms with Crippen molar-refractivity contribution >= 4 is 0 Å². The molecule has 4 nitrogen and oxygen atoms in total. The van der Waals surface area contributed by atoms with Gasteiger partial charge in [-0.25, -0.2) is 0 Å². The van der Waals surface area contributed by atoms with Crippen LogP contribution in [-0.4, -0.2) is 68.1 Å². The Bertz CT molecular complexity index is 755. The SMILES string of the molecule is c1ccc(CC2COC(N3CCN(CC4Cc5ccccc5C4)CC3)CO2)cc1. The van der Waals surface area contributed by atoms with Gasteiger partial charge in [-0.1, -0.05) is 54.6 Å². The van der Waals surface area contributed by atoms with Gasteiger partial charge in [0.1, 0.15) is 6.23 Å². The fourth-order valence-corrected chi connectivity index (χ4v) is 5.12. The Kier molecular flexibility index (Phi) is 5.95. The van der Waals surface area contributed by atoms with E-state index in [1.165, 1.54) is 24.9 Å². The zero-order valence-corrected chi connectivity index (χ0v) is 17.2. The summed E-state index contributed by atoms with van der Waals surface area (Å²) in [5.74, 6) is 0.784. The standard InChI is InChI=1S/C25H32N2O2/c1-2-6-20(7-3-1)16-24-18-29-25(19-28-24)27-12-10-26(11-13-27)17-21-14-22-8-4-5-9-23(22)15-21/h1-9,21,24-25H,10-19H2. The number of hydrogen-bond acceptors (Lipinski definition) is 4. The Morgan fingerprint density at radius 2 is 1.45 bits per heavy atom. The normalized spacial score (nSPS) is 26.5. The molecule has 5 rings (SSSR count). The first-order chi connectivity index (χ1) is 14.3. The smallest absolute Gasteiger partial charge is 0.134 e. The maximum absolute atomic E-state index is 6.20. The van der Waals surface area contributed by atoms with Crippen LogP contribution in [0.25, 0.3) is 0 Å². The first-order valence-corrected chi connectivity index (χ1v) is 11.1. The molecule has 2 atom stereocenters. The van der Waals surface area contributed by atoms with E-state index in [1.807, 2.05) is 0 Å². The van der Waals surface area contributed by atoms with Crippen LogP contribution in [-0.2, 0) is 28.7 Å². The summed E-state index contributed by atoms with van der Waals surface area (Å²) in [6, 6.07) is 19.5. The maximum atomic E-state index is 6.20. The van der Waals surface area contributed by atoms with E-state index in [9.17, 15) is 0 Å². The lowest BCUT2D eigenvalue weighted by atomic mass is 10.1. The van der Waals surface area contributed by atoms with E-state index in [2.05, 4.69) is 64.4 Å². The molecule has 4 heteroatoms. The highest BCUT2D eigenvalue weighted by Gasteiger charge is 2.31. The van der Waals surface area contributed by atoms with Crippen molar-refractivity contribution in [2.75, 3.05) is 45.9 Å². The lowest BCUT2D eigenvalue weighted by Crippen LogP contribution is -2.55. The van der Waals surface area contributed by atoms with Crippen LogP contribution < -0.4 is 0 Å². The lowest BCUT2D eigenvalue weighted by Gasteiger charge is -2.42. The van der Waals surface area contributed by atoms with Crippen LogP contribution in [0.5, 0.6) is 0 Å². The van der Waals surface area contributed by atoms with Crippen molar-refractivity contribution in [3.63, 3.8) is 0 Å². The zero-order valence-electron chi connectivity index (χ0n) is 17.2. The summed E-state index contributed by atoms with van der Waals surface area (Å²) in [5.41, 5.74) is 4.45. The molecule has 2 saturated heterocycles. The molecule has 0 bridgehead atoms. The van der Waals surface area contributed by atoms with Crippen molar-refractivity contribution in [1.82, 2.24) is 9.80 Å². The van der Waals surface area contributed by atoms with E-state index in [0.29, 0.717) is 13.2 Å². The highest BCUT2D eigenvalue weighted by Crippen LogP contribution is 2.27. The van der Waals surface area contributed by atoms with Crippen molar-refractivity contribution in [1.29, 1.82) is 0 Å². The molecular weight excluding hydrogens is 360 g/mol. The largest absolute Gasteiger partial charge is 0.371 e.